The first-order valence-corrected chi connectivity index (χ1v) is 7.88. The van der Waals surface area contributed by atoms with E-state index in [2.05, 4.69) is 65.8 Å². The number of rotatable bonds is 3. The molecule has 0 N–H and O–H groups in total. The maximum absolute atomic E-state index is 2.27. The quantitative estimate of drug-likeness (QED) is 0.654. The van der Waals surface area contributed by atoms with E-state index in [0.29, 0.717) is 9.49 Å². The highest BCUT2D eigenvalue weighted by Gasteiger charge is 2.13. The Balaban J connectivity index is 2.56. The van der Waals surface area contributed by atoms with E-state index in [1.165, 1.54) is 10.5 Å². The molecular formula is C15H24S2. The van der Waals surface area contributed by atoms with Crippen LogP contribution in [0.25, 0.3) is 0 Å². The minimum absolute atomic E-state index is 0.293. The van der Waals surface area contributed by atoms with Crippen molar-refractivity contribution in [3.63, 3.8) is 0 Å². The maximum Gasteiger partial charge on any atom is 0.0189 e. The van der Waals surface area contributed by atoms with Crippen LogP contribution >= 0.6 is 23.5 Å². The van der Waals surface area contributed by atoms with Gasteiger partial charge in [-0.1, -0.05) is 53.7 Å². The SMILES string of the molecule is CC(C)(C)SCc1ccc(SC(C)(C)C)cc1. The average Bonchev–Trinajstić information content (AvgIpc) is 2.13. The summed E-state index contributed by atoms with van der Waals surface area (Å²) < 4.78 is 0.639. The van der Waals surface area contributed by atoms with Gasteiger partial charge >= 0.3 is 0 Å². The average molecular weight is 268 g/mol. The predicted molar refractivity (Wildman–Crippen MR) is 83.1 cm³/mol. The summed E-state index contributed by atoms with van der Waals surface area (Å²) >= 11 is 3.93. The van der Waals surface area contributed by atoms with E-state index in [9.17, 15) is 0 Å². The zero-order valence-corrected chi connectivity index (χ0v) is 13.5. The Morgan fingerprint density at radius 2 is 1.35 bits per heavy atom. The largest absolute Gasteiger partial charge is 0.151 e. The summed E-state index contributed by atoms with van der Waals surface area (Å²) in [5.41, 5.74) is 1.42. The molecule has 0 aliphatic rings. The molecule has 1 aromatic rings. The second-order valence-corrected chi connectivity index (χ2v) is 9.96. The number of benzene rings is 1. The van der Waals surface area contributed by atoms with Crippen molar-refractivity contribution in [3.05, 3.63) is 29.8 Å². The molecule has 0 bridgehead atoms. The van der Waals surface area contributed by atoms with Gasteiger partial charge in [-0.3, -0.25) is 0 Å². The van der Waals surface area contributed by atoms with Crippen molar-refractivity contribution in [3.8, 4) is 0 Å². The van der Waals surface area contributed by atoms with Gasteiger partial charge in [0.25, 0.3) is 0 Å². The monoisotopic (exact) mass is 268 g/mol. The van der Waals surface area contributed by atoms with Gasteiger partial charge in [0.2, 0.25) is 0 Å². The molecule has 0 radical (unpaired) electrons. The van der Waals surface area contributed by atoms with Gasteiger partial charge in [0, 0.05) is 20.1 Å². The minimum atomic E-state index is 0.293. The van der Waals surface area contributed by atoms with Gasteiger partial charge in [0.15, 0.2) is 0 Å². The summed E-state index contributed by atoms with van der Waals surface area (Å²) in [5.74, 6) is 1.10. The molecule has 0 spiro atoms. The molecule has 1 aromatic carbocycles. The zero-order valence-electron chi connectivity index (χ0n) is 11.8. The lowest BCUT2D eigenvalue weighted by molar-refractivity contribution is 0.802. The summed E-state index contributed by atoms with van der Waals surface area (Å²) in [6.07, 6.45) is 0. The molecule has 0 heterocycles. The second-order valence-electron chi connectivity index (χ2n) is 6.26. The summed E-state index contributed by atoms with van der Waals surface area (Å²) in [6.45, 7) is 13.5. The van der Waals surface area contributed by atoms with Gasteiger partial charge in [0.1, 0.15) is 0 Å². The first-order chi connectivity index (χ1) is 7.66. The molecule has 0 atom stereocenters. The van der Waals surface area contributed by atoms with Crippen molar-refractivity contribution in [1.82, 2.24) is 0 Å². The van der Waals surface area contributed by atoms with Crippen LogP contribution in [-0.2, 0) is 5.75 Å². The van der Waals surface area contributed by atoms with Crippen LogP contribution in [0.15, 0.2) is 29.2 Å². The first-order valence-electron chi connectivity index (χ1n) is 6.08. The fourth-order valence-corrected chi connectivity index (χ4v) is 3.08. The van der Waals surface area contributed by atoms with Crippen LogP contribution < -0.4 is 0 Å². The van der Waals surface area contributed by atoms with Crippen LogP contribution in [0.3, 0.4) is 0 Å². The van der Waals surface area contributed by atoms with Gasteiger partial charge in [-0.15, -0.1) is 11.8 Å². The highest BCUT2D eigenvalue weighted by atomic mass is 32.2. The third-order valence-corrected chi connectivity index (χ3v) is 4.48. The van der Waals surface area contributed by atoms with E-state index < -0.39 is 0 Å². The van der Waals surface area contributed by atoms with E-state index in [-0.39, 0.29) is 0 Å². The summed E-state index contributed by atoms with van der Waals surface area (Å²) in [7, 11) is 0. The smallest absolute Gasteiger partial charge is 0.0189 e. The fourth-order valence-electron chi connectivity index (χ4n) is 1.31. The van der Waals surface area contributed by atoms with Gasteiger partial charge in [-0.2, -0.15) is 11.8 Å². The standard InChI is InChI=1S/C15H24S2/c1-14(2,3)16-11-12-7-9-13(10-8-12)17-15(4,5)6/h7-10H,11H2,1-6H3. The zero-order chi connectivity index (χ0) is 13.1. The Kier molecular flexibility index (Phi) is 5.03. The van der Waals surface area contributed by atoms with E-state index in [1.54, 1.807) is 0 Å². The van der Waals surface area contributed by atoms with Crippen LogP contribution in [0, 0.1) is 0 Å². The van der Waals surface area contributed by atoms with Crippen LogP contribution in [0.4, 0.5) is 0 Å². The lowest BCUT2D eigenvalue weighted by atomic mass is 10.2. The Morgan fingerprint density at radius 3 is 1.76 bits per heavy atom. The van der Waals surface area contributed by atoms with Gasteiger partial charge < -0.3 is 0 Å². The van der Waals surface area contributed by atoms with Crippen LogP contribution in [0.5, 0.6) is 0 Å². The Labute approximate surface area is 115 Å². The number of hydrogen-bond acceptors (Lipinski definition) is 2. The molecule has 0 aliphatic heterocycles. The van der Waals surface area contributed by atoms with Crippen LogP contribution in [0.1, 0.15) is 47.1 Å². The van der Waals surface area contributed by atoms with E-state index >= 15 is 0 Å². The van der Waals surface area contributed by atoms with Crippen LogP contribution in [0.2, 0.25) is 0 Å². The molecule has 0 saturated carbocycles. The predicted octanol–water partition coefficient (Wildman–Crippen LogP) is 5.61. The molecule has 0 fully saturated rings. The molecule has 0 amide bonds. The fraction of sp³-hybridized carbons (Fsp3) is 0.600. The van der Waals surface area contributed by atoms with Crippen molar-refractivity contribution in [2.75, 3.05) is 0 Å². The minimum Gasteiger partial charge on any atom is -0.151 e. The molecule has 96 valence electrons. The number of hydrogen-bond donors (Lipinski definition) is 0. The summed E-state index contributed by atoms with van der Waals surface area (Å²) in [5, 5.41) is 0. The van der Waals surface area contributed by atoms with Crippen molar-refractivity contribution >= 4 is 23.5 Å². The Bertz CT molecular complexity index is 339. The number of thioether (sulfide) groups is 2. The highest BCUT2D eigenvalue weighted by Crippen LogP contribution is 2.33. The van der Waals surface area contributed by atoms with Gasteiger partial charge in [-0.25, -0.2) is 0 Å². The van der Waals surface area contributed by atoms with Crippen molar-refractivity contribution < 1.29 is 0 Å². The molecule has 0 aliphatic carbocycles. The Hall–Kier alpha value is -0.0800. The summed E-state index contributed by atoms with van der Waals surface area (Å²) in [4.78, 5) is 1.36. The molecule has 0 unspecified atom stereocenters. The second kappa shape index (κ2) is 5.71. The third-order valence-electron chi connectivity index (χ3n) is 2.02. The molecule has 17 heavy (non-hydrogen) atoms. The molecule has 1 rings (SSSR count). The Morgan fingerprint density at radius 1 is 0.824 bits per heavy atom. The molecule has 2 heteroatoms. The van der Waals surface area contributed by atoms with Gasteiger partial charge in [-0.05, 0) is 17.7 Å². The van der Waals surface area contributed by atoms with E-state index in [1.807, 2.05) is 23.5 Å². The van der Waals surface area contributed by atoms with Crippen molar-refractivity contribution in [2.24, 2.45) is 0 Å². The normalized spacial score (nSPS) is 12.8. The maximum atomic E-state index is 2.27. The van der Waals surface area contributed by atoms with E-state index in [0.717, 1.165) is 5.75 Å². The van der Waals surface area contributed by atoms with Crippen molar-refractivity contribution in [2.45, 2.75) is 61.7 Å². The van der Waals surface area contributed by atoms with Gasteiger partial charge in [0.05, 0.1) is 0 Å². The van der Waals surface area contributed by atoms with Crippen molar-refractivity contribution in [1.29, 1.82) is 0 Å². The molecule has 0 nitrogen and oxygen atoms in total. The lowest BCUT2D eigenvalue weighted by Gasteiger charge is -2.19. The lowest BCUT2D eigenvalue weighted by Crippen LogP contribution is -2.07. The molecule has 0 aromatic heterocycles. The summed E-state index contributed by atoms with van der Waals surface area (Å²) in [6, 6.07) is 9.00. The molecule has 0 saturated heterocycles. The molecular weight excluding hydrogens is 244 g/mol. The first kappa shape index (κ1) is 15.0. The topological polar surface area (TPSA) is 0 Å². The van der Waals surface area contributed by atoms with Crippen LogP contribution in [-0.4, -0.2) is 9.49 Å². The van der Waals surface area contributed by atoms with E-state index in [4.69, 9.17) is 0 Å². The highest BCUT2D eigenvalue weighted by molar-refractivity contribution is 8.00. The third kappa shape index (κ3) is 7.05.